The molecule has 2 bridgehead atoms. The van der Waals surface area contributed by atoms with E-state index in [0.717, 1.165) is 29.8 Å². The van der Waals surface area contributed by atoms with E-state index in [4.69, 9.17) is 10.7 Å². The number of nitrogens with zero attached hydrogens (tertiary/aromatic N) is 6. The van der Waals surface area contributed by atoms with E-state index in [9.17, 15) is 13.6 Å². The number of hydrogen-bond acceptors (Lipinski definition) is 6. The van der Waals surface area contributed by atoms with E-state index in [-0.39, 0.29) is 29.1 Å². The van der Waals surface area contributed by atoms with Gasteiger partial charge in [0.05, 0.1) is 46.1 Å². The Labute approximate surface area is 205 Å². The average Bonchev–Trinajstić information content (AvgIpc) is 3.46. The summed E-state index contributed by atoms with van der Waals surface area (Å²) in [6.45, 7) is 4.32. The fourth-order valence-electron chi connectivity index (χ4n) is 6.21. The normalized spacial score (nSPS) is 21.5. The molecule has 2 aliphatic carbocycles. The molecule has 2 atom stereocenters. The van der Waals surface area contributed by atoms with Gasteiger partial charge in [-0.1, -0.05) is 19.9 Å². The molecule has 0 saturated heterocycles. The van der Waals surface area contributed by atoms with Crippen LogP contribution in [0.1, 0.15) is 49.6 Å². The summed E-state index contributed by atoms with van der Waals surface area (Å²) in [5, 5.41) is 13.0. The lowest BCUT2D eigenvalue weighted by Crippen LogP contribution is -2.38. The van der Waals surface area contributed by atoms with Crippen molar-refractivity contribution in [2.75, 3.05) is 0 Å². The SMILES string of the molecule is CC1(C)[C@H]2CC[C@]1(c1cncc(-c3cnn(CC(N)=O)c3)n1)c1nnc(-c3c(F)cccc3F)cc12. The number of halogens is 2. The molecule has 8 nitrogen and oxygen atoms in total. The van der Waals surface area contributed by atoms with Crippen molar-refractivity contribution >= 4 is 5.91 Å². The van der Waals surface area contributed by atoms with E-state index in [1.54, 1.807) is 30.9 Å². The van der Waals surface area contributed by atoms with Crippen molar-refractivity contribution in [3.8, 4) is 22.5 Å². The van der Waals surface area contributed by atoms with E-state index < -0.39 is 23.0 Å². The maximum absolute atomic E-state index is 14.5. The minimum atomic E-state index is -0.670. The van der Waals surface area contributed by atoms with Crippen LogP contribution >= 0.6 is 0 Å². The van der Waals surface area contributed by atoms with Crippen molar-refractivity contribution < 1.29 is 13.6 Å². The summed E-state index contributed by atoms with van der Waals surface area (Å²) in [4.78, 5) is 20.7. The molecule has 0 aliphatic heterocycles. The minimum absolute atomic E-state index is 0.0281. The number of benzene rings is 1. The summed E-state index contributed by atoms with van der Waals surface area (Å²) >= 11 is 0. The van der Waals surface area contributed by atoms with Crippen LogP contribution in [0.4, 0.5) is 8.78 Å². The number of primary amides is 1. The van der Waals surface area contributed by atoms with Gasteiger partial charge in [-0.15, -0.1) is 5.10 Å². The molecule has 2 aliphatic rings. The van der Waals surface area contributed by atoms with Crippen LogP contribution in [0.2, 0.25) is 0 Å². The van der Waals surface area contributed by atoms with Gasteiger partial charge >= 0.3 is 0 Å². The standard InChI is InChI=1S/C26H23F2N7O/c1-25(2)16-6-7-26(25,21-11-30-10-20(32-21)14-9-31-35(12-14)13-22(29)36)24-15(16)8-19(33-34-24)23-17(27)4-3-5-18(23)28/h3-5,8-12,16H,6-7,13H2,1-2H3,(H2,29,36)/t16-,26-/m0/s1. The molecule has 3 heterocycles. The molecule has 0 unspecified atom stereocenters. The molecule has 6 rings (SSSR count). The van der Waals surface area contributed by atoms with E-state index in [2.05, 4.69) is 34.1 Å². The van der Waals surface area contributed by atoms with Crippen molar-refractivity contribution in [2.45, 2.75) is 44.6 Å². The lowest BCUT2D eigenvalue weighted by Gasteiger charge is -2.37. The fraction of sp³-hybridized carbons (Fsp3) is 0.308. The third-order valence-corrected chi connectivity index (χ3v) is 7.92. The highest BCUT2D eigenvalue weighted by atomic mass is 19.1. The van der Waals surface area contributed by atoms with E-state index >= 15 is 0 Å². The molecule has 10 heteroatoms. The van der Waals surface area contributed by atoms with Gasteiger partial charge in [-0.25, -0.2) is 13.8 Å². The highest BCUT2D eigenvalue weighted by Gasteiger charge is 2.65. The highest BCUT2D eigenvalue weighted by molar-refractivity contribution is 5.73. The summed E-state index contributed by atoms with van der Waals surface area (Å²) in [6.07, 6.45) is 8.41. The van der Waals surface area contributed by atoms with Crippen LogP contribution in [0.3, 0.4) is 0 Å². The number of amides is 1. The quantitative estimate of drug-likeness (QED) is 0.459. The first-order chi connectivity index (χ1) is 17.2. The van der Waals surface area contributed by atoms with Gasteiger partial charge in [0.25, 0.3) is 0 Å². The summed E-state index contributed by atoms with van der Waals surface area (Å²) in [5.74, 6) is -1.70. The van der Waals surface area contributed by atoms with Gasteiger partial charge < -0.3 is 5.73 Å². The Morgan fingerprint density at radius 3 is 2.67 bits per heavy atom. The first-order valence-corrected chi connectivity index (χ1v) is 11.7. The van der Waals surface area contributed by atoms with E-state index in [1.165, 1.54) is 22.9 Å². The van der Waals surface area contributed by atoms with Gasteiger partial charge in [0.1, 0.15) is 18.2 Å². The van der Waals surface area contributed by atoms with Gasteiger partial charge in [-0.05, 0) is 47.9 Å². The molecular weight excluding hydrogens is 464 g/mol. The summed E-state index contributed by atoms with van der Waals surface area (Å²) in [7, 11) is 0. The van der Waals surface area contributed by atoms with Gasteiger partial charge in [-0.3, -0.25) is 14.5 Å². The van der Waals surface area contributed by atoms with Crippen molar-refractivity contribution in [1.29, 1.82) is 0 Å². The second-order valence-corrected chi connectivity index (χ2v) is 10.0. The molecule has 182 valence electrons. The summed E-state index contributed by atoms with van der Waals surface area (Å²) in [5.41, 5.74) is 8.26. The summed E-state index contributed by atoms with van der Waals surface area (Å²) in [6, 6.07) is 5.55. The lowest BCUT2D eigenvalue weighted by atomic mass is 9.66. The predicted molar refractivity (Wildman–Crippen MR) is 126 cm³/mol. The number of hydrogen-bond donors (Lipinski definition) is 1. The van der Waals surface area contributed by atoms with E-state index in [0.29, 0.717) is 11.3 Å². The fourth-order valence-corrected chi connectivity index (χ4v) is 6.21. The molecular formula is C26H23F2N7O. The topological polar surface area (TPSA) is 112 Å². The molecule has 0 spiro atoms. The maximum Gasteiger partial charge on any atom is 0.239 e. The second-order valence-electron chi connectivity index (χ2n) is 10.0. The number of rotatable bonds is 5. The van der Waals surface area contributed by atoms with Gasteiger partial charge in [0.15, 0.2) is 0 Å². The second kappa shape index (κ2) is 7.71. The number of nitrogens with two attached hydrogens (primary N) is 1. The number of carbonyl (C=O) groups excluding carboxylic acids is 1. The zero-order chi connectivity index (χ0) is 25.2. The molecule has 4 aromatic rings. The van der Waals surface area contributed by atoms with Crippen LogP contribution in [0.5, 0.6) is 0 Å². The van der Waals surface area contributed by atoms with Gasteiger partial charge in [-0.2, -0.15) is 10.2 Å². The Bertz CT molecular complexity index is 1510. The smallest absolute Gasteiger partial charge is 0.239 e. The van der Waals surface area contributed by atoms with Crippen molar-refractivity contribution in [3.63, 3.8) is 0 Å². The van der Waals surface area contributed by atoms with Crippen LogP contribution in [0.15, 0.2) is 49.1 Å². The zero-order valence-corrected chi connectivity index (χ0v) is 19.7. The van der Waals surface area contributed by atoms with Crippen LogP contribution in [0.25, 0.3) is 22.5 Å². The molecule has 3 aromatic heterocycles. The molecule has 0 radical (unpaired) electrons. The molecule has 1 fully saturated rings. The minimum Gasteiger partial charge on any atom is -0.368 e. The molecule has 1 saturated carbocycles. The van der Waals surface area contributed by atoms with Crippen LogP contribution in [0, 0.1) is 17.0 Å². The van der Waals surface area contributed by atoms with Crippen LogP contribution in [-0.2, 0) is 16.8 Å². The van der Waals surface area contributed by atoms with Crippen LogP contribution < -0.4 is 5.73 Å². The van der Waals surface area contributed by atoms with Crippen molar-refractivity contribution in [2.24, 2.45) is 11.1 Å². The Hall–Kier alpha value is -4.08. The van der Waals surface area contributed by atoms with Crippen molar-refractivity contribution in [1.82, 2.24) is 29.9 Å². The average molecular weight is 488 g/mol. The molecule has 1 aromatic carbocycles. The first-order valence-electron chi connectivity index (χ1n) is 11.7. The predicted octanol–water partition coefficient (Wildman–Crippen LogP) is 3.76. The van der Waals surface area contributed by atoms with Gasteiger partial charge in [0.2, 0.25) is 5.91 Å². The highest BCUT2D eigenvalue weighted by Crippen LogP contribution is 2.69. The maximum atomic E-state index is 14.5. The molecule has 1 amide bonds. The number of fused-ring (bicyclic) bond motifs is 5. The first kappa shape index (κ1) is 22.4. The van der Waals surface area contributed by atoms with Crippen molar-refractivity contribution in [3.05, 3.63) is 77.6 Å². The Kier molecular flexibility index (Phi) is 4.79. The molecule has 36 heavy (non-hydrogen) atoms. The Morgan fingerprint density at radius 2 is 1.92 bits per heavy atom. The molecule has 2 N–H and O–H groups in total. The Morgan fingerprint density at radius 1 is 1.14 bits per heavy atom. The monoisotopic (exact) mass is 487 g/mol. The van der Waals surface area contributed by atoms with E-state index in [1.807, 2.05) is 0 Å². The largest absolute Gasteiger partial charge is 0.368 e. The van der Waals surface area contributed by atoms with Gasteiger partial charge in [0, 0.05) is 18.0 Å². The van der Waals surface area contributed by atoms with Crippen LogP contribution in [-0.4, -0.2) is 35.9 Å². The lowest BCUT2D eigenvalue weighted by molar-refractivity contribution is -0.118. The zero-order valence-electron chi connectivity index (χ0n) is 19.7. The summed E-state index contributed by atoms with van der Waals surface area (Å²) < 4.78 is 30.4. The number of aromatic nitrogens is 6. The number of carbonyl (C=O) groups is 1. The third-order valence-electron chi connectivity index (χ3n) is 7.92. The third kappa shape index (κ3) is 3.03. The Balaban J connectivity index is 1.46.